The largest absolute Gasteiger partial charge is 0.468 e. The van der Waals surface area contributed by atoms with Crippen LogP contribution >= 0.6 is 0 Å². The number of esters is 1. The number of carbonyl (C=O) groups is 3. The molecule has 2 N–H and O–H groups in total. The number of Topliss-reactive ketones (excluding diaryl/α,β-unsaturated/α-hetero) is 1. The molecule has 0 rings (SSSR count). The average molecular weight is 300 g/mol. The highest BCUT2D eigenvalue weighted by Gasteiger charge is 2.23. The number of ether oxygens (including phenoxy) is 1. The maximum Gasteiger partial charge on any atom is 0.322 e. The monoisotopic (exact) mass is 300 g/mol. The Morgan fingerprint density at radius 3 is 2.05 bits per heavy atom. The van der Waals surface area contributed by atoms with Crippen LogP contribution in [0.5, 0.6) is 0 Å². The number of hydrogen-bond acceptors (Lipinski definition) is 5. The molecule has 0 aliphatic carbocycles. The zero-order valence-corrected chi connectivity index (χ0v) is 13.9. The second-order valence-corrected chi connectivity index (χ2v) is 5.99. The van der Waals surface area contributed by atoms with E-state index in [-0.39, 0.29) is 30.1 Å². The highest BCUT2D eigenvalue weighted by Crippen LogP contribution is 2.06. The molecule has 2 unspecified atom stereocenters. The van der Waals surface area contributed by atoms with Crippen LogP contribution in [0.15, 0.2) is 0 Å². The van der Waals surface area contributed by atoms with Crippen molar-refractivity contribution < 1.29 is 19.1 Å². The van der Waals surface area contributed by atoms with Gasteiger partial charge in [0.2, 0.25) is 5.91 Å². The summed E-state index contributed by atoms with van der Waals surface area (Å²) < 4.78 is 4.72. The molecule has 6 heteroatoms. The first-order valence-corrected chi connectivity index (χ1v) is 7.30. The van der Waals surface area contributed by atoms with Crippen molar-refractivity contribution in [2.45, 2.75) is 53.1 Å². The minimum Gasteiger partial charge on any atom is -0.468 e. The fraction of sp³-hybridized carbons (Fsp3) is 0.800. The third kappa shape index (κ3) is 7.80. The SMILES string of the molecule is COC(=O)C(CC(C)C)NCC(=O)NC(C(C)=O)C(C)C. The molecule has 0 saturated heterocycles. The van der Waals surface area contributed by atoms with Gasteiger partial charge in [-0.1, -0.05) is 27.7 Å². The van der Waals surface area contributed by atoms with Gasteiger partial charge in [-0.3, -0.25) is 19.7 Å². The summed E-state index contributed by atoms with van der Waals surface area (Å²) in [5.41, 5.74) is 0. The fourth-order valence-electron chi connectivity index (χ4n) is 2.05. The van der Waals surface area contributed by atoms with Gasteiger partial charge in [-0.25, -0.2) is 0 Å². The number of methoxy groups -OCH3 is 1. The molecule has 21 heavy (non-hydrogen) atoms. The third-order valence-corrected chi connectivity index (χ3v) is 3.12. The number of carbonyl (C=O) groups excluding carboxylic acids is 3. The number of amides is 1. The molecule has 0 aromatic carbocycles. The standard InChI is InChI=1S/C15H28N2O4/c1-9(2)7-12(15(20)21-6)16-8-13(19)17-14(10(3)4)11(5)18/h9-10,12,14,16H,7-8H2,1-6H3,(H,17,19). The van der Waals surface area contributed by atoms with E-state index in [1.54, 1.807) is 0 Å². The van der Waals surface area contributed by atoms with Crippen LogP contribution in [0.2, 0.25) is 0 Å². The van der Waals surface area contributed by atoms with Gasteiger partial charge in [-0.05, 0) is 25.2 Å². The second kappa shape index (κ2) is 9.50. The lowest BCUT2D eigenvalue weighted by Crippen LogP contribution is -2.49. The van der Waals surface area contributed by atoms with Crippen molar-refractivity contribution in [3.05, 3.63) is 0 Å². The molecule has 0 aromatic heterocycles. The lowest BCUT2D eigenvalue weighted by atomic mass is 10.0. The molecule has 1 amide bonds. The van der Waals surface area contributed by atoms with Crippen LogP contribution in [0.1, 0.15) is 41.0 Å². The van der Waals surface area contributed by atoms with E-state index in [4.69, 9.17) is 4.74 Å². The van der Waals surface area contributed by atoms with Gasteiger partial charge >= 0.3 is 5.97 Å². The molecule has 0 fully saturated rings. The van der Waals surface area contributed by atoms with E-state index in [0.717, 1.165) is 0 Å². The summed E-state index contributed by atoms with van der Waals surface area (Å²) >= 11 is 0. The summed E-state index contributed by atoms with van der Waals surface area (Å²) in [6.45, 7) is 9.15. The van der Waals surface area contributed by atoms with Crippen LogP contribution < -0.4 is 10.6 Å². The van der Waals surface area contributed by atoms with E-state index < -0.39 is 12.1 Å². The Labute approximate surface area is 127 Å². The first kappa shape index (κ1) is 19.6. The normalized spacial score (nSPS) is 13.9. The molecular formula is C15H28N2O4. The van der Waals surface area contributed by atoms with Crippen molar-refractivity contribution in [2.75, 3.05) is 13.7 Å². The smallest absolute Gasteiger partial charge is 0.322 e. The molecule has 0 saturated carbocycles. The lowest BCUT2D eigenvalue weighted by molar-refractivity contribution is -0.143. The van der Waals surface area contributed by atoms with Crippen LogP contribution in [-0.2, 0) is 19.1 Å². The van der Waals surface area contributed by atoms with Gasteiger partial charge in [0.25, 0.3) is 0 Å². The Balaban J connectivity index is 4.48. The summed E-state index contributed by atoms with van der Waals surface area (Å²) in [5, 5.41) is 5.57. The van der Waals surface area contributed by atoms with E-state index in [0.29, 0.717) is 12.3 Å². The summed E-state index contributed by atoms with van der Waals surface area (Å²) in [6, 6.07) is -1.02. The van der Waals surface area contributed by atoms with Crippen LogP contribution in [0.3, 0.4) is 0 Å². The Hall–Kier alpha value is -1.43. The van der Waals surface area contributed by atoms with Crippen LogP contribution in [0.4, 0.5) is 0 Å². The number of ketones is 1. The van der Waals surface area contributed by atoms with E-state index in [1.807, 2.05) is 27.7 Å². The molecular weight excluding hydrogens is 272 g/mol. The fourth-order valence-corrected chi connectivity index (χ4v) is 2.05. The van der Waals surface area contributed by atoms with Crippen LogP contribution in [0, 0.1) is 11.8 Å². The molecule has 122 valence electrons. The molecule has 0 aromatic rings. The van der Waals surface area contributed by atoms with Gasteiger partial charge in [0.05, 0.1) is 19.7 Å². The van der Waals surface area contributed by atoms with Crippen molar-refractivity contribution in [2.24, 2.45) is 11.8 Å². The van der Waals surface area contributed by atoms with Crippen molar-refractivity contribution in [3.63, 3.8) is 0 Å². The third-order valence-electron chi connectivity index (χ3n) is 3.12. The van der Waals surface area contributed by atoms with Gasteiger partial charge in [-0.15, -0.1) is 0 Å². The molecule has 0 spiro atoms. The van der Waals surface area contributed by atoms with E-state index in [2.05, 4.69) is 10.6 Å². The van der Waals surface area contributed by atoms with Crippen molar-refractivity contribution >= 4 is 17.7 Å². The maximum atomic E-state index is 11.9. The van der Waals surface area contributed by atoms with Crippen molar-refractivity contribution in [1.29, 1.82) is 0 Å². The molecule has 0 aliphatic rings. The Bertz CT molecular complexity index is 367. The molecule has 0 heterocycles. The minimum atomic E-state index is -0.518. The molecule has 2 atom stereocenters. The number of rotatable bonds is 9. The van der Waals surface area contributed by atoms with Crippen molar-refractivity contribution in [3.8, 4) is 0 Å². The molecule has 0 aliphatic heterocycles. The summed E-state index contributed by atoms with van der Waals surface area (Å²) in [4.78, 5) is 35.0. The first-order chi connectivity index (χ1) is 9.68. The zero-order chi connectivity index (χ0) is 16.6. The molecule has 0 radical (unpaired) electrons. The summed E-state index contributed by atoms with van der Waals surface area (Å²) in [5.74, 6) is -0.445. The van der Waals surface area contributed by atoms with E-state index >= 15 is 0 Å². The minimum absolute atomic E-state index is 0.0248. The average Bonchev–Trinajstić information content (AvgIpc) is 2.38. The first-order valence-electron chi connectivity index (χ1n) is 7.30. The maximum absolute atomic E-state index is 11.9. The van der Waals surface area contributed by atoms with Gasteiger partial charge < -0.3 is 10.1 Å². The van der Waals surface area contributed by atoms with Gasteiger partial charge in [0, 0.05) is 0 Å². The Morgan fingerprint density at radius 2 is 1.67 bits per heavy atom. The second-order valence-electron chi connectivity index (χ2n) is 5.99. The van der Waals surface area contributed by atoms with Crippen molar-refractivity contribution in [1.82, 2.24) is 10.6 Å². The number of hydrogen-bond donors (Lipinski definition) is 2. The predicted octanol–water partition coefficient (Wildman–Crippen LogP) is 0.894. The van der Waals surface area contributed by atoms with Gasteiger partial charge in [0.15, 0.2) is 5.78 Å². The van der Waals surface area contributed by atoms with E-state index in [9.17, 15) is 14.4 Å². The Morgan fingerprint density at radius 1 is 1.10 bits per heavy atom. The topological polar surface area (TPSA) is 84.5 Å². The van der Waals surface area contributed by atoms with Gasteiger partial charge in [0.1, 0.15) is 6.04 Å². The summed E-state index contributed by atoms with van der Waals surface area (Å²) in [7, 11) is 1.32. The summed E-state index contributed by atoms with van der Waals surface area (Å²) in [6.07, 6.45) is 0.584. The van der Waals surface area contributed by atoms with E-state index in [1.165, 1.54) is 14.0 Å². The quantitative estimate of drug-likeness (QED) is 0.618. The molecule has 0 bridgehead atoms. The Kier molecular flexibility index (Phi) is 8.85. The van der Waals surface area contributed by atoms with Crippen LogP contribution in [-0.4, -0.2) is 43.4 Å². The predicted molar refractivity (Wildman–Crippen MR) is 80.7 cm³/mol. The van der Waals surface area contributed by atoms with Crippen LogP contribution in [0.25, 0.3) is 0 Å². The highest BCUT2D eigenvalue weighted by atomic mass is 16.5. The lowest BCUT2D eigenvalue weighted by Gasteiger charge is -2.21. The molecule has 6 nitrogen and oxygen atoms in total. The van der Waals surface area contributed by atoms with Gasteiger partial charge in [-0.2, -0.15) is 0 Å². The highest BCUT2D eigenvalue weighted by molar-refractivity contribution is 5.88. The zero-order valence-electron chi connectivity index (χ0n) is 13.9. The number of nitrogens with one attached hydrogen (secondary N) is 2.